The van der Waals surface area contributed by atoms with E-state index in [-0.39, 0.29) is 26.7 Å². The maximum atomic E-state index is 9.55. The Morgan fingerprint density at radius 1 is 1.53 bits per heavy atom. The van der Waals surface area contributed by atoms with Crippen LogP contribution in [-0.2, 0) is 0 Å². The second-order valence-corrected chi connectivity index (χ2v) is 8.71. The molecule has 2 fully saturated rings. The zero-order chi connectivity index (χ0) is 13.5. The molecule has 1 heterocycles. The molecule has 3 rings (SSSR count). The molecule has 0 unspecified atom stereocenters. The molecule has 0 amide bonds. The van der Waals surface area contributed by atoms with Gasteiger partial charge in [0.15, 0.2) is 0 Å². The number of aryl methyl sites for hydroxylation is 1. The summed E-state index contributed by atoms with van der Waals surface area (Å²) in [7, 11) is 0. The van der Waals surface area contributed by atoms with Gasteiger partial charge in [0, 0.05) is 0 Å². The third-order valence-electron chi connectivity index (χ3n) is 4.55. The van der Waals surface area contributed by atoms with Crippen LogP contribution in [0.5, 0.6) is 5.75 Å². The van der Waals surface area contributed by atoms with E-state index in [0.29, 0.717) is 5.75 Å². The van der Waals surface area contributed by atoms with E-state index in [2.05, 4.69) is 17.0 Å². The van der Waals surface area contributed by atoms with Crippen LogP contribution in [0.15, 0.2) is 18.2 Å². The number of halogens is 1. The number of benzene rings is 1. The molecule has 1 aromatic carbocycles. The Bertz CT molecular complexity index is 479. The molecule has 2 atom stereocenters. The van der Waals surface area contributed by atoms with Crippen LogP contribution in [0.2, 0.25) is 0 Å². The summed E-state index contributed by atoms with van der Waals surface area (Å²) in [5.41, 5.74) is 7.62. The van der Waals surface area contributed by atoms with Crippen molar-refractivity contribution < 1.29 is 26.3 Å². The van der Waals surface area contributed by atoms with Gasteiger partial charge in [-0.1, -0.05) is 0 Å². The van der Waals surface area contributed by atoms with Crippen LogP contribution in [-0.4, -0.2) is 33.2 Å². The summed E-state index contributed by atoms with van der Waals surface area (Å²) in [5.74, 6) is 1.14. The first-order valence-corrected chi connectivity index (χ1v) is 9.57. The molecule has 1 aromatic rings. The molecular formula is C15H22IN2O-. The number of hydrogen-bond donors (Lipinski definition) is 2. The van der Waals surface area contributed by atoms with Crippen molar-refractivity contribution in [2.24, 2.45) is 11.7 Å². The van der Waals surface area contributed by atoms with Gasteiger partial charge >= 0.3 is 125 Å². The fourth-order valence-corrected chi connectivity index (χ4v) is 5.91. The minimum atomic E-state index is 0.000620. The summed E-state index contributed by atoms with van der Waals surface area (Å²) in [5, 5.41) is 9.55. The molecule has 4 heteroatoms. The molecule has 1 aliphatic heterocycles. The number of fused-ring (bicyclic) bond motifs is 1. The number of likely N-dealkylation sites (tertiary alicyclic amines) is 1. The first kappa shape index (κ1) is 13.6. The van der Waals surface area contributed by atoms with E-state index in [1.807, 2.05) is 13.0 Å². The summed E-state index contributed by atoms with van der Waals surface area (Å²) in [6.45, 7) is 4.26. The van der Waals surface area contributed by atoms with Gasteiger partial charge in [-0.3, -0.25) is 0 Å². The van der Waals surface area contributed by atoms with Crippen molar-refractivity contribution in [2.45, 2.75) is 31.7 Å². The van der Waals surface area contributed by atoms with Gasteiger partial charge in [0.25, 0.3) is 0 Å². The molecule has 2 aliphatic rings. The number of hydrogen-bond acceptors (Lipinski definition) is 3. The summed E-state index contributed by atoms with van der Waals surface area (Å²) < 4.78 is 2.61. The molecule has 0 aromatic heterocycles. The molecule has 1 saturated heterocycles. The van der Waals surface area contributed by atoms with Gasteiger partial charge < -0.3 is 0 Å². The normalized spacial score (nSPS) is 30.9. The first-order valence-electron chi connectivity index (χ1n) is 6.97. The van der Waals surface area contributed by atoms with Gasteiger partial charge in [-0.25, -0.2) is 0 Å². The molecule has 0 bridgehead atoms. The predicted octanol–water partition coefficient (Wildman–Crippen LogP) is -1.27. The fourth-order valence-electron chi connectivity index (χ4n) is 3.39. The van der Waals surface area contributed by atoms with Gasteiger partial charge in [0.05, 0.1) is 0 Å². The molecule has 3 N–H and O–H groups in total. The Hall–Kier alpha value is -0.330. The SMILES string of the molecule is Cc1cc([I-]CN2C[C@@H]3CCC[C@@]3(N)C2)ccc1O. The van der Waals surface area contributed by atoms with E-state index in [0.717, 1.165) is 18.0 Å². The van der Waals surface area contributed by atoms with Crippen LogP contribution < -0.4 is 26.9 Å². The van der Waals surface area contributed by atoms with E-state index in [4.69, 9.17) is 5.73 Å². The Labute approximate surface area is 125 Å². The fraction of sp³-hybridized carbons (Fsp3) is 0.600. The second kappa shape index (κ2) is 5.22. The van der Waals surface area contributed by atoms with Crippen LogP contribution in [0.3, 0.4) is 0 Å². The Kier molecular flexibility index (Phi) is 3.75. The quantitative estimate of drug-likeness (QED) is 0.395. The van der Waals surface area contributed by atoms with E-state index >= 15 is 0 Å². The number of nitrogens with zero attached hydrogens (tertiary/aromatic N) is 1. The first-order chi connectivity index (χ1) is 9.07. The number of phenolic OH excluding ortho intramolecular Hbond substituents is 1. The molecule has 106 valence electrons. The van der Waals surface area contributed by atoms with Crippen LogP contribution >= 0.6 is 0 Å². The molecule has 3 nitrogen and oxygen atoms in total. The molecular weight excluding hydrogens is 351 g/mol. The number of aromatic hydroxyl groups is 1. The van der Waals surface area contributed by atoms with Crippen LogP contribution in [0.1, 0.15) is 24.8 Å². The van der Waals surface area contributed by atoms with Crippen molar-refractivity contribution in [3.63, 3.8) is 0 Å². The average molecular weight is 373 g/mol. The standard InChI is InChI=1S/C15H22IN2O/c1-11-7-13(4-5-14(11)19)16-10-18-8-12-3-2-6-15(12,17)9-18/h4-5,7,12,19H,2-3,6,8-10,17H2,1H3/q-1/t12-,15+/m0/s1. The van der Waals surface area contributed by atoms with E-state index in [1.54, 1.807) is 0 Å². The van der Waals surface area contributed by atoms with Crippen LogP contribution in [0, 0.1) is 16.4 Å². The van der Waals surface area contributed by atoms with Gasteiger partial charge in [-0.05, 0) is 0 Å². The second-order valence-electron chi connectivity index (χ2n) is 6.02. The molecule has 19 heavy (non-hydrogen) atoms. The van der Waals surface area contributed by atoms with E-state index < -0.39 is 0 Å². The van der Waals surface area contributed by atoms with Crippen molar-refractivity contribution in [1.82, 2.24) is 4.90 Å². The Morgan fingerprint density at radius 2 is 2.37 bits per heavy atom. The van der Waals surface area contributed by atoms with Crippen molar-refractivity contribution in [3.8, 4) is 5.75 Å². The number of rotatable bonds is 3. The minimum absolute atomic E-state index is 0.000620. The van der Waals surface area contributed by atoms with Gasteiger partial charge in [-0.2, -0.15) is 0 Å². The third-order valence-corrected chi connectivity index (χ3v) is 7.40. The monoisotopic (exact) mass is 373 g/mol. The Morgan fingerprint density at radius 3 is 3.11 bits per heavy atom. The van der Waals surface area contributed by atoms with Crippen molar-refractivity contribution in [1.29, 1.82) is 0 Å². The van der Waals surface area contributed by atoms with Gasteiger partial charge in [-0.15, -0.1) is 0 Å². The van der Waals surface area contributed by atoms with Gasteiger partial charge in [0.1, 0.15) is 0 Å². The van der Waals surface area contributed by atoms with Crippen molar-refractivity contribution in [2.75, 3.05) is 17.6 Å². The number of nitrogens with two attached hydrogens (primary N) is 1. The summed E-state index contributed by atoms with van der Waals surface area (Å²) in [4.78, 5) is 2.57. The molecule has 0 spiro atoms. The number of alkyl halides is 1. The van der Waals surface area contributed by atoms with E-state index in [1.165, 1.54) is 33.9 Å². The molecule has 0 radical (unpaired) electrons. The molecule has 1 saturated carbocycles. The third kappa shape index (κ3) is 2.76. The summed E-state index contributed by atoms with van der Waals surface area (Å²) in [6, 6.07) is 6.04. The predicted molar refractivity (Wildman–Crippen MR) is 72.2 cm³/mol. The zero-order valence-electron chi connectivity index (χ0n) is 11.4. The summed E-state index contributed by atoms with van der Waals surface area (Å²) in [6.07, 6.45) is 3.86. The van der Waals surface area contributed by atoms with Crippen molar-refractivity contribution in [3.05, 3.63) is 27.3 Å². The maximum absolute atomic E-state index is 9.55. The number of phenols is 1. The van der Waals surface area contributed by atoms with E-state index in [9.17, 15) is 5.11 Å². The van der Waals surface area contributed by atoms with Crippen LogP contribution in [0.4, 0.5) is 0 Å². The zero-order valence-corrected chi connectivity index (χ0v) is 13.6. The van der Waals surface area contributed by atoms with Crippen molar-refractivity contribution >= 4 is 0 Å². The van der Waals surface area contributed by atoms with Gasteiger partial charge in [0.2, 0.25) is 0 Å². The molecule has 1 aliphatic carbocycles. The van der Waals surface area contributed by atoms with Crippen LogP contribution in [0.25, 0.3) is 0 Å². The average Bonchev–Trinajstić information content (AvgIpc) is 2.85. The Balaban J connectivity index is 1.57. The topological polar surface area (TPSA) is 49.5 Å². The summed E-state index contributed by atoms with van der Waals surface area (Å²) >= 11 is 0.000620.